The van der Waals surface area contributed by atoms with Gasteiger partial charge in [-0.2, -0.15) is 0 Å². The number of nitrogens with two attached hydrogens (primary N) is 1. The van der Waals surface area contributed by atoms with E-state index in [4.69, 9.17) is 5.73 Å². The second-order valence-electron chi connectivity index (χ2n) is 4.53. The molecule has 0 fully saturated rings. The predicted molar refractivity (Wildman–Crippen MR) is 81.5 cm³/mol. The topological polar surface area (TPSA) is 29.3 Å². The fourth-order valence-corrected chi connectivity index (χ4v) is 3.20. The summed E-state index contributed by atoms with van der Waals surface area (Å²) in [6.07, 6.45) is 0. The van der Waals surface area contributed by atoms with Gasteiger partial charge in [0.2, 0.25) is 0 Å². The first-order valence-corrected chi connectivity index (χ1v) is 7.65. The van der Waals surface area contributed by atoms with E-state index in [1.165, 1.54) is 5.56 Å². The molecule has 0 amide bonds. The Morgan fingerprint density at radius 1 is 1.32 bits per heavy atom. The molecule has 1 heterocycles. The molecule has 0 saturated heterocycles. The summed E-state index contributed by atoms with van der Waals surface area (Å²) < 4.78 is 15.2. The molecule has 0 aliphatic carbocycles. The van der Waals surface area contributed by atoms with E-state index in [1.807, 2.05) is 19.2 Å². The summed E-state index contributed by atoms with van der Waals surface area (Å²) in [6, 6.07) is 7.49. The van der Waals surface area contributed by atoms with Crippen molar-refractivity contribution in [3.05, 3.63) is 55.9 Å². The van der Waals surface area contributed by atoms with Crippen molar-refractivity contribution in [2.24, 2.45) is 5.73 Å². The first-order valence-electron chi connectivity index (χ1n) is 5.98. The summed E-state index contributed by atoms with van der Waals surface area (Å²) >= 11 is 5.11. The maximum atomic E-state index is 14.1. The molecule has 2 aromatic rings. The molecule has 0 atom stereocenters. The molecule has 0 unspecified atom stereocenters. The van der Waals surface area contributed by atoms with E-state index in [9.17, 15) is 4.39 Å². The van der Waals surface area contributed by atoms with Crippen molar-refractivity contribution >= 4 is 27.3 Å². The van der Waals surface area contributed by atoms with Gasteiger partial charge in [0.1, 0.15) is 5.82 Å². The Balaban J connectivity index is 2.04. The van der Waals surface area contributed by atoms with Crippen molar-refractivity contribution in [1.82, 2.24) is 4.90 Å². The standard InChI is InChI=1S/C14H16BrFN2S/c1-18(7-10-5-13(15)19-9-10)8-12-4-2-3-11(6-17)14(12)16/h2-5,9H,6-8,17H2,1H3. The van der Waals surface area contributed by atoms with Crippen LogP contribution >= 0.6 is 27.3 Å². The first-order chi connectivity index (χ1) is 9.10. The van der Waals surface area contributed by atoms with Gasteiger partial charge in [0.05, 0.1) is 3.79 Å². The highest BCUT2D eigenvalue weighted by Crippen LogP contribution is 2.22. The van der Waals surface area contributed by atoms with Crippen LogP contribution in [-0.4, -0.2) is 11.9 Å². The third-order valence-corrected chi connectivity index (χ3v) is 4.45. The predicted octanol–water partition coefficient (Wildman–Crippen LogP) is 3.74. The van der Waals surface area contributed by atoms with E-state index in [2.05, 4.69) is 32.3 Å². The van der Waals surface area contributed by atoms with Crippen molar-refractivity contribution in [1.29, 1.82) is 0 Å². The second kappa shape index (κ2) is 6.61. The summed E-state index contributed by atoms with van der Waals surface area (Å²) in [5.74, 6) is -0.177. The second-order valence-corrected chi connectivity index (χ2v) is 6.82. The van der Waals surface area contributed by atoms with Gasteiger partial charge in [0, 0.05) is 30.8 Å². The molecule has 19 heavy (non-hydrogen) atoms. The van der Waals surface area contributed by atoms with Gasteiger partial charge in [-0.15, -0.1) is 11.3 Å². The van der Waals surface area contributed by atoms with Crippen molar-refractivity contribution in [3.8, 4) is 0 Å². The van der Waals surface area contributed by atoms with Crippen molar-refractivity contribution in [2.45, 2.75) is 19.6 Å². The summed E-state index contributed by atoms with van der Waals surface area (Å²) in [5, 5.41) is 2.10. The lowest BCUT2D eigenvalue weighted by molar-refractivity contribution is 0.313. The Hall–Kier alpha value is -0.750. The van der Waals surface area contributed by atoms with Gasteiger partial charge >= 0.3 is 0 Å². The molecule has 0 saturated carbocycles. The number of rotatable bonds is 5. The Morgan fingerprint density at radius 3 is 2.68 bits per heavy atom. The third kappa shape index (κ3) is 3.86. The van der Waals surface area contributed by atoms with E-state index in [0.29, 0.717) is 17.7 Å². The van der Waals surface area contributed by atoms with Crippen molar-refractivity contribution in [2.75, 3.05) is 7.05 Å². The lowest BCUT2D eigenvalue weighted by atomic mass is 10.1. The van der Waals surface area contributed by atoms with Crippen LogP contribution in [0.15, 0.2) is 33.4 Å². The van der Waals surface area contributed by atoms with Crippen LogP contribution in [0.2, 0.25) is 0 Å². The van der Waals surface area contributed by atoms with Gasteiger partial charge in [0.25, 0.3) is 0 Å². The minimum Gasteiger partial charge on any atom is -0.326 e. The van der Waals surface area contributed by atoms with E-state index in [1.54, 1.807) is 17.4 Å². The molecular weight excluding hydrogens is 327 g/mol. The van der Waals surface area contributed by atoms with Gasteiger partial charge in [-0.3, -0.25) is 4.90 Å². The fraction of sp³-hybridized carbons (Fsp3) is 0.286. The first kappa shape index (κ1) is 14.7. The van der Waals surface area contributed by atoms with Crippen molar-refractivity contribution in [3.63, 3.8) is 0 Å². The zero-order chi connectivity index (χ0) is 13.8. The number of benzene rings is 1. The van der Waals surface area contributed by atoms with E-state index >= 15 is 0 Å². The molecule has 0 spiro atoms. The van der Waals surface area contributed by atoms with Crippen LogP contribution in [0.1, 0.15) is 16.7 Å². The molecule has 102 valence electrons. The molecule has 1 aromatic carbocycles. The normalized spacial score (nSPS) is 11.2. The number of hydrogen-bond acceptors (Lipinski definition) is 3. The van der Waals surface area contributed by atoms with Gasteiger partial charge in [0.15, 0.2) is 0 Å². The van der Waals surface area contributed by atoms with Crippen LogP contribution in [0.25, 0.3) is 0 Å². The lowest BCUT2D eigenvalue weighted by Crippen LogP contribution is -2.18. The Bertz CT molecular complexity index is 556. The van der Waals surface area contributed by atoms with Crippen LogP contribution in [0.3, 0.4) is 0 Å². The molecule has 1 aromatic heterocycles. The highest BCUT2D eigenvalue weighted by atomic mass is 79.9. The fourth-order valence-electron chi connectivity index (χ4n) is 2.00. The molecule has 0 aliphatic heterocycles. The van der Waals surface area contributed by atoms with E-state index in [-0.39, 0.29) is 12.4 Å². The SMILES string of the molecule is CN(Cc1csc(Br)c1)Cc1cccc(CN)c1F. The number of thiophene rings is 1. The molecule has 2 nitrogen and oxygen atoms in total. The highest BCUT2D eigenvalue weighted by molar-refractivity contribution is 9.11. The molecule has 0 radical (unpaired) electrons. The minimum atomic E-state index is -0.177. The smallest absolute Gasteiger partial charge is 0.132 e. The molecular formula is C14H16BrFN2S. The molecule has 0 aliphatic rings. The number of halogens is 2. The quantitative estimate of drug-likeness (QED) is 0.896. The zero-order valence-electron chi connectivity index (χ0n) is 10.7. The Labute approximate surface area is 125 Å². The molecule has 2 N–H and O–H groups in total. The highest BCUT2D eigenvalue weighted by Gasteiger charge is 2.10. The number of nitrogens with zero attached hydrogens (tertiary/aromatic N) is 1. The van der Waals surface area contributed by atoms with Crippen LogP contribution in [0, 0.1) is 5.82 Å². The van der Waals surface area contributed by atoms with E-state index < -0.39 is 0 Å². The molecule has 2 rings (SSSR count). The summed E-state index contributed by atoms with van der Waals surface area (Å²) in [7, 11) is 1.99. The number of hydrogen-bond donors (Lipinski definition) is 1. The molecule has 0 bridgehead atoms. The van der Waals surface area contributed by atoms with Gasteiger partial charge in [-0.05, 0) is 40.0 Å². The summed E-state index contributed by atoms with van der Waals surface area (Å²) in [5.41, 5.74) is 8.02. The largest absolute Gasteiger partial charge is 0.326 e. The monoisotopic (exact) mass is 342 g/mol. The van der Waals surface area contributed by atoms with Gasteiger partial charge < -0.3 is 5.73 Å². The Kier molecular flexibility index (Phi) is 5.10. The minimum absolute atomic E-state index is 0.177. The summed E-state index contributed by atoms with van der Waals surface area (Å²) in [4.78, 5) is 2.09. The van der Waals surface area contributed by atoms with Crippen LogP contribution in [-0.2, 0) is 19.6 Å². The molecule has 5 heteroatoms. The van der Waals surface area contributed by atoms with Crippen LogP contribution in [0.5, 0.6) is 0 Å². The zero-order valence-corrected chi connectivity index (χ0v) is 13.1. The third-order valence-electron chi connectivity index (χ3n) is 2.89. The van der Waals surface area contributed by atoms with Gasteiger partial charge in [-0.1, -0.05) is 18.2 Å². The Morgan fingerprint density at radius 2 is 2.05 bits per heavy atom. The maximum Gasteiger partial charge on any atom is 0.132 e. The van der Waals surface area contributed by atoms with Gasteiger partial charge in [-0.25, -0.2) is 4.39 Å². The lowest BCUT2D eigenvalue weighted by Gasteiger charge is -2.17. The summed E-state index contributed by atoms with van der Waals surface area (Å²) in [6.45, 7) is 1.61. The average Bonchev–Trinajstić information content (AvgIpc) is 2.77. The van der Waals surface area contributed by atoms with Crippen LogP contribution in [0.4, 0.5) is 4.39 Å². The maximum absolute atomic E-state index is 14.1. The average molecular weight is 343 g/mol. The van der Waals surface area contributed by atoms with Crippen molar-refractivity contribution < 1.29 is 4.39 Å². The van der Waals surface area contributed by atoms with E-state index in [0.717, 1.165) is 10.3 Å². The van der Waals surface area contributed by atoms with Crippen LogP contribution < -0.4 is 5.73 Å².